The number of rotatable bonds is 8. The molecule has 1 aromatic carbocycles. The highest BCUT2D eigenvalue weighted by Gasteiger charge is 2.21. The van der Waals surface area contributed by atoms with E-state index in [4.69, 9.17) is 4.74 Å². The molecule has 0 bridgehead atoms. The highest BCUT2D eigenvalue weighted by atomic mass is 32.1. The summed E-state index contributed by atoms with van der Waals surface area (Å²) in [4.78, 5) is 26.8. The topological polar surface area (TPSA) is 82.7 Å². The predicted molar refractivity (Wildman–Crippen MR) is 114 cm³/mol. The number of hydrogen-bond donors (Lipinski definition) is 3. The van der Waals surface area contributed by atoms with Crippen LogP contribution in [0.3, 0.4) is 0 Å². The molecule has 0 spiro atoms. The summed E-state index contributed by atoms with van der Waals surface area (Å²) in [5, 5.41) is 10.1. The smallest absolute Gasteiger partial charge is 0.315 e. The average molecular weight is 453 g/mol. The minimum Gasteiger partial charge on any atom is -0.374 e. The first kappa shape index (κ1) is 23.1. The summed E-state index contributed by atoms with van der Waals surface area (Å²) >= 11 is 1.41. The number of urea groups is 1. The molecule has 1 aromatic heterocycles. The monoisotopic (exact) mass is 452 g/mol. The summed E-state index contributed by atoms with van der Waals surface area (Å²) in [6, 6.07) is 5.33. The first-order chi connectivity index (χ1) is 14.9. The van der Waals surface area contributed by atoms with E-state index in [1.54, 1.807) is 17.5 Å². The van der Waals surface area contributed by atoms with E-state index < -0.39 is 11.6 Å². The van der Waals surface area contributed by atoms with Crippen molar-refractivity contribution in [3.8, 4) is 0 Å². The average Bonchev–Trinajstić information content (AvgIpc) is 3.23. The summed E-state index contributed by atoms with van der Waals surface area (Å²) in [6.07, 6.45) is -0.198. The molecule has 2 heterocycles. The van der Waals surface area contributed by atoms with E-state index in [2.05, 4.69) is 20.9 Å². The van der Waals surface area contributed by atoms with E-state index in [9.17, 15) is 18.4 Å². The first-order valence-electron chi connectivity index (χ1n) is 10.1. The van der Waals surface area contributed by atoms with E-state index in [1.807, 2.05) is 6.92 Å². The van der Waals surface area contributed by atoms with Gasteiger partial charge in [0.1, 0.15) is 0 Å². The van der Waals surface area contributed by atoms with Crippen LogP contribution in [0.2, 0.25) is 0 Å². The van der Waals surface area contributed by atoms with Crippen LogP contribution in [-0.2, 0) is 17.8 Å². The van der Waals surface area contributed by atoms with E-state index in [0.29, 0.717) is 57.0 Å². The molecule has 3 N–H and O–H groups in total. The van der Waals surface area contributed by atoms with Gasteiger partial charge in [-0.1, -0.05) is 6.07 Å². The maximum Gasteiger partial charge on any atom is 0.315 e. The van der Waals surface area contributed by atoms with Crippen LogP contribution in [0.15, 0.2) is 29.6 Å². The second-order valence-corrected chi connectivity index (χ2v) is 8.20. The van der Waals surface area contributed by atoms with Gasteiger partial charge in [0.25, 0.3) is 5.91 Å². The Labute approximate surface area is 183 Å². The number of nitrogens with one attached hydrogen (secondary N) is 3. The second kappa shape index (κ2) is 11.2. The van der Waals surface area contributed by atoms with Crippen molar-refractivity contribution in [2.45, 2.75) is 26.1 Å². The van der Waals surface area contributed by atoms with E-state index in [1.165, 1.54) is 17.4 Å². The lowest BCUT2D eigenvalue weighted by Crippen LogP contribution is -2.48. The molecule has 1 aliphatic heterocycles. The van der Waals surface area contributed by atoms with Gasteiger partial charge in [-0.05, 0) is 30.7 Å². The summed E-state index contributed by atoms with van der Waals surface area (Å²) in [7, 11) is 0. The lowest BCUT2D eigenvalue weighted by molar-refractivity contribution is -0.0287. The van der Waals surface area contributed by atoms with Crippen LogP contribution in [-0.4, -0.2) is 55.7 Å². The fourth-order valence-corrected chi connectivity index (χ4v) is 4.04. The van der Waals surface area contributed by atoms with E-state index in [0.717, 1.165) is 10.9 Å². The number of carbonyl (C=O) groups is 2. The Balaban J connectivity index is 1.39. The molecule has 3 rings (SSSR count). The van der Waals surface area contributed by atoms with E-state index >= 15 is 0 Å². The molecule has 0 saturated carbocycles. The van der Waals surface area contributed by atoms with Gasteiger partial charge in [-0.3, -0.25) is 9.69 Å². The van der Waals surface area contributed by atoms with Gasteiger partial charge in [0.2, 0.25) is 0 Å². The molecule has 7 nitrogen and oxygen atoms in total. The number of amides is 3. The number of morpholine rings is 1. The number of benzene rings is 1. The van der Waals surface area contributed by atoms with Gasteiger partial charge < -0.3 is 20.7 Å². The number of ether oxygens (including phenoxy) is 1. The Bertz CT molecular complexity index is 909. The van der Waals surface area contributed by atoms with Crippen molar-refractivity contribution >= 4 is 23.3 Å². The number of nitrogens with zero attached hydrogens (tertiary/aromatic N) is 1. The Morgan fingerprint density at radius 2 is 2.03 bits per heavy atom. The zero-order valence-corrected chi connectivity index (χ0v) is 18.1. The summed E-state index contributed by atoms with van der Waals surface area (Å²) in [5.74, 6) is -1.84. The van der Waals surface area contributed by atoms with Crippen molar-refractivity contribution in [2.75, 3.05) is 32.8 Å². The zero-order valence-electron chi connectivity index (χ0n) is 17.2. The fraction of sp³-hybridized carbons (Fsp3) is 0.429. The van der Waals surface area contributed by atoms with Gasteiger partial charge in [-0.25, -0.2) is 13.6 Å². The molecule has 1 fully saturated rings. The van der Waals surface area contributed by atoms with Gasteiger partial charge in [-0.15, -0.1) is 11.3 Å². The Kier molecular flexibility index (Phi) is 8.33. The van der Waals surface area contributed by atoms with Gasteiger partial charge >= 0.3 is 6.03 Å². The lowest BCUT2D eigenvalue weighted by Gasteiger charge is -2.33. The number of halogens is 2. The third-order valence-corrected chi connectivity index (χ3v) is 5.72. The third-order valence-electron chi connectivity index (χ3n) is 4.78. The molecule has 1 saturated heterocycles. The summed E-state index contributed by atoms with van der Waals surface area (Å²) in [5.41, 5.74) is 1.27. The fourth-order valence-electron chi connectivity index (χ4n) is 3.24. The minimum absolute atomic E-state index is 0.128. The lowest BCUT2D eigenvalue weighted by atomic mass is 10.1. The van der Waals surface area contributed by atoms with Crippen molar-refractivity contribution in [2.24, 2.45) is 0 Å². The number of thiophene rings is 1. The highest BCUT2D eigenvalue weighted by Crippen LogP contribution is 2.15. The Morgan fingerprint density at radius 3 is 2.81 bits per heavy atom. The van der Waals surface area contributed by atoms with Crippen LogP contribution in [0.25, 0.3) is 0 Å². The number of carbonyl (C=O) groups excluding carboxylic acids is 2. The van der Waals surface area contributed by atoms with Gasteiger partial charge in [0.15, 0.2) is 11.6 Å². The summed E-state index contributed by atoms with van der Waals surface area (Å²) < 4.78 is 32.2. The molecule has 10 heteroatoms. The van der Waals surface area contributed by atoms with Crippen LogP contribution in [0, 0.1) is 11.6 Å². The molecule has 31 heavy (non-hydrogen) atoms. The SMILES string of the molecule is CCNC(=O)c1csc(CNC(=O)NC[C@H]2CN(Cc3ccc(F)c(F)c3)CCO2)c1. The molecular formula is C21H26F2N4O3S. The van der Waals surface area contributed by atoms with Crippen molar-refractivity contribution in [1.82, 2.24) is 20.9 Å². The number of hydrogen-bond acceptors (Lipinski definition) is 5. The van der Waals surface area contributed by atoms with Gasteiger partial charge in [0, 0.05) is 43.0 Å². The van der Waals surface area contributed by atoms with Crippen LogP contribution < -0.4 is 16.0 Å². The molecule has 168 valence electrons. The van der Waals surface area contributed by atoms with Crippen LogP contribution in [0.1, 0.15) is 27.7 Å². The predicted octanol–water partition coefficient (Wildman–Crippen LogP) is 2.48. The van der Waals surface area contributed by atoms with Gasteiger partial charge in [0.05, 0.1) is 24.8 Å². The minimum atomic E-state index is -0.859. The van der Waals surface area contributed by atoms with Crippen LogP contribution in [0.4, 0.5) is 13.6 Å². The molecule has 2 aromatic rings. The zero-order chi connectivity index (χ0) is 22.2. The van der Waals surface area contributed by atoms with E-state index in [-0.39, 0.29) is 18.0 Å². The largest absolute Gasteiger partial charge is 0.374 e. The van der Waals surface area contributed by atoms with Crippen molar-refractivity contribution in [1.29, 1.82) is 0 Å². The molecule has 3 amide bonds. The van der Waals surface area contributed by atoms with Crippen molar-refractivity contribution in [3.63, 3.8) is 0 Å². The maximum absolute atomic E-state index is 13.4. The first-order valence-corrected chi connectivity index (χ1v) is 11.0. The normalized spacial score (nSPS) is 16.7. The Hall–Kier alpha value is -2.56. The van der Waals surface area contributed by atoms with Crippen molar-refractivity contribution in [3.05, 3.63) is 57.3 Å². The van der Waals surface area contributed by atoms with Crippen LogP contribution in [0.5, 0.6) is 0 Å². The second-order valence-electron chi connectivity index (χ2n) is 7.20. The molecule has 1 atom stereocenters. The maximum atomic E-state index is 13.4. The Morgan fingerprint density at radius 1 is 1.19 bits per heavy atom. The quantitative estimate of drug-likeness (QED) is 0.575. The summed E-state index contributed by atoms with van der Waals surface area (Å²) in [6.45, 7) is 5.29. The van der Waals surface area contributed by atoms with Gasteiger partial charge in [-0.2, -0.15) is 0 Å². The van der Waals surface area contributed by atoms with Crippen molar-refractivity contribution < 1.29 is 23.1 Å². The standard InChI is InChI=1S/C21H26F2N4O3S/c1-2-24-20(28)15-8-17(31-13-15)10-26-21(29)25-9-16-12-27(5-6-30-16)11-14-3-4-18(22)19(23)7-14/h3-4,7-8,13,16H,2,5-6,9-12H2,1H3,(H,24,28)(H2,25,26,29)/t16-/m0/s1. The molecule has 0 unspecified atom stereocenters. The highest BCUT2D eigenvalue weighted by molar-refractivity contribution is 7.10. The molecular weight excluding hydrogens is 426 g/mol. The third kappa shape index (κ3) is 6.98. The van der Waals surface area contributed by atoms with Crippen LogP contribution >= 0.6 is 11.3 Å². The molecule has 0 radical (unpaired) electrons. The molecule has 0 aliphatic carbocycles. The molecule has 1 aliphatic rings.